The number of rotatable bonds is 4. The molecule has 0 saturated carbocycles. The van der Waals surface area contributed by atoms with Crippen LogP contribution in [0.25, 0.3) is 0 Å². The van der Waals surface area contributed by atoms with E-state index in [-0.39, 0.29) is 24.7 Å². The van der Waals surface area contributed by atoms with Crippen LogP contribution in [0.3, 0.4) is 0 Å². The van der Waals surface area contributed by atoms with Crippen molar-refractivity contribution in [3.63, 3.8) is 0 Å². The van der Waals surface area contributed by atoms with Crippen molar-refractivity contribution < 1.29 is 19.1 Å². The SMILES string of the molecule is C=C(C)C(=O)OC[C@H]1CN2[C@H](c3ccc(Br)cc3)[C@H](C)CC[C@H]2C(=O)O1. The molecule has 1 aromatic carbocycles. The predicted molar refractivity (Wildman–Crippen MR) is 101 cm³/mol. The summed E-state index contributed by atoms with van der Waals surface area (Å²) in [7, 11) is 0. The minimum Gasteiger partial charge on any atom is -0.458 e. The Bertz CT molecular complexity index is 702. The summed E-state index contributed by atoms with van der Waals surface area (Å²) < 4.78 is 11.8. The van der Waals surface area contributed by atoms with Crippen LogP contribution in [0.5, 0.6) is 0 Å². The number of carbonyl (C=O) groups excluding carboxylic acids is 2. The van der Waals surface area contributed by atoms with Crippen LogP contribution >= 0.6 is 15.9 Å². The highest BCUT2D eigenvalue weighted by atomic mass is 79.9. The zero-order valence-corrected chi connectivity index (χ0v) is 16.7. The van der Waals surface area contributed by atoms with E-state index in [0.29, 0.717) is 18.0 Å². The van der Waals surface area contributed by atoms with Crippen molar-refractivity contribution in [2.75, 3.05) is 13.2 Å². The number of carbonyl (C=O) groups is 2. The third-order valence-corrected chi connectivity index (χ3v) is 5.65. The molecule has 0 bridgehead atoms. The molecule has 140 valence electrons. The number of hydrogen-bond acceptors (Lipinski definition) is 5. The molecule has 0 aliphatic carbocycles. The van der Waals surface area contributed by atoms with Gasteiger partial charge in [-0.15, -0.1) is 0 Å². The van der Waals surface area contributed by atoms with E-state index < -0.39 is 12.1 Å². The maximum absolute atomic E-state index is 12.5. The average Bonchev–Trinajstić information content (AvgIpc) is 2.60. The molecule has 0 N–H and O–H groups in total. The van der Waals surface area contributed by atoms with Gasteiger partial charge in [0, 0.05) is 22.6 Å². The van der Waals surface area contributed by atoms with Crippen LogP contribution in [0.1, 0.15) is 38.3 Å². The van der Waals surface area contributed by atoms with E-state index >= 15 is 0 Å². The normalized spacial score (nSPS) is 28.8. The molecule has 2 heterocycles. The zero-order valence-electron chi connectivity index (χ0n) is 15.1. The van der Waals surface area contributed by atoms with Crippen molar-refractivity contribution in [3.05, 3.63) is 46.5 Å². The van der Waals surface area contributed by atoms with Gasteiger partial charge < -0.3 is 9.47 Å². The van der Waals surface area contributed by atoms with Crippen molar-refractivity contribution in [3.8, 4) is 0 Å². The second-order valence-electron chi connectivity index (χ2n) is 7.20. The molecule has 2 fully saturated rings. The number of halogens is 1. The number of cyclic esters (lactones) is 1. The number of nitrogens with zero attached hydrogens (tertiary/aromatic N) is 1. The first kappa shape index (κ1) is 19.1. The third kappa shape index (κ3) is 4.01. The second kappa shape index (κ2) is 7.92. The summed E-state index contributed by atoms with van der Waals surface area (Å²) in [6, 6.07) is 8.18. The quantitative estimate of drug-likeness (QED) is 0.548. The van der Waals surface area contributed by atoms with Gasteiger partial charge in [-0.05, 0) is 43.4 Å². The fourth-order valence-electron chi connectivity index (χ4n) is 3.83. The van der Waals surface area contributed by atoms with Gasteiger partial charge in [0.2, 0.25) is 0 Å². The lowest BCUT2D eigenvalue weighted by Crippen LogP contribution is -2.58. The first-order chi connectivity index (χ1) is 12.4. The van der Waals surface area contributed by atoms with Gasteiger partial charge in [0.05, 0.1) is 0 Å². The van der Waals surface area contributed by atoms with Gasteiger partial charge in [-0.3, -0.25) is 9.69 Å². The molecular weight excluding hydrogens is 398 g/mol. The Morgan fingerprint density at radius 1 is 1.35 bits per heavy atom. The van der Waals surface area contributed by atoms with Crippen molar-refractivity contribution in [2.45, 2.75) is 44.9 Å². The molecule has 0 spiro atoms. The van der Waals surface area contributed by atoms with Crippen LogP contribution in [0, 0.1) is 5.92 Å². The Morgan fingerprint density at radius 3 is 2.69 bits per heavy atom. The Balaban J connectivity index is 1.78. The third-order valence-electron chi connectivity index (χ3n) is 5.12. The van der Waals surface area contributed by atoms with Crippen LogP contribution in [0.4, 0.5) is 0 Å². The Morgan fingerprint density at radius 2 is 2.04 bits per heavy atom. The molecule has 3 rings (SSSR count). The monoisotopic (exact) mass is 421 g/mol. The summed E-state index contributed by atoms with van der Waals surface area (Å²) >= 11 is 3.48. The Kier molecular flexibility index (Phi) is 5.82. The molecule has 5 nitrogen and oxygen atoms in total. The first-order valence-corrected chi connectivity index (χ1v) is 9.70. The number of benzene rings is 1. The number of hydrogen-bond donors (Lipinski definition) is 0. The van der Waals surface area contributed by atoms with Gasteiger partial charge in [0.15, 0.2) is 0 Å². The topological polar surface area (TPSA) is 55.8 Å². The van der Waals surface area contributed by atoms with Crippen LogP contribution < -0.4 is 0 Å². The lowest BCUT2D eigenvalue weighted by Gasteiger charge is -2.48. The number of fused-ring (bicyclic) bond motifs is 1. The predicted octanol–water partition coefficient (Wildman–Crippen LogP) is 3.64. The Hall–Kier alpha value is -1.66. The minimum absolute atomic E-state index is 0.0576. The number of morpholine rings is 1. The highest BCUT2D eigenvalue weighted by Gasteiger charge is 2.45. The lowest BCUT2D eigenvalue weighted by atomic mass is 9.82. The molecule has 0 aromatic heterocycles. The van der Waals surface area contributed by atoms with E-state index in [1.54, 1.807) is 6.92 Å². The molecule has 26 heavy (non-hydrogen) atoms. The number of ether oxygens (including phenoxy) is 2. The second-order valence-corrected chi connectivity index (χ2v) is 8.12. The van der Waals surface area contributed by atoms with E-state index in [1.165, 1.54) is 5.56 Å². The highest BCUT2D eigenvalue weighted by molar-refractivity contribution is 9.10. The molecule has 0 unspecified atom stereocenters. The van der Waals surface area contributed by atoms with Gasteiger partial charge in [-0.2, -0.15) is 0 Å². The molecule has 2 aliphatic rings. The van der Waals surface area contributed by atoms with Gasteiger partial charge in [-0.1, -0.05) is 41.6 Å². The van der Waals surface area contributed by atoms with Crippen LogP contribution in [-0.2, 0) is 19.1 Å². The zero-order chi connectivity index (χ0) is 18.8. The number of esters is 2. The average molecular weight is 422 g/mol. The summed E-state index contributed by atoms with van der Waals surface area (Å²) in [4.78, 5) is 26.4. The van der Waals surface area contributed by atoms with Gasteiger partial charge >= 0.3 is 11.9 Å². The summed E-state index contributed by atoms with van der Waals surface area (Å²) in [6.07, 6.45) is 1.32. The van der Waals surface area contributed by atoms with Gasteiger partial charge in [-0.25, -0.2) is 4.79 Å². The van der Waals surface area contributed by atoms with Crippen molar-refractivity contribution >= 4 is 27.9 Å². The maximum Gasteiger partial charge on any atom is 0.333 e. The minimum atomic E-state index is -0.459. The van der Waals surface area contributed by atoms with Crippen molar-refractivity contribution in [2.24, 2.45) is 5.92 Å². The van der Waals surface area contributed by atoms with Crippen molar-refractivity contribution in [1.82, 2.24) is 4.90 Å². The molecule has 2 aliphatic heterocycles. The van der Waals surface area contributed by atoms with E-state index in [0.717, 1.165) is 17.3 Å². The molecule has 4 atom stereocenters. The maximum atomic E-state index is 12.5. The highest BCUT2D eigenvalue weighted by Crippen LogP contribution is 2.41. The largest absolute Gasteiger partial charge is 0.458 e. The first-order valence-electron chi connectivity index (χ1n) is 8.91. The summed E-state index contributed by atoms with van der Waals surface area (Å²) in [5, 5.41) is 0. The summed E-state index contributed by atoms with van der Waals surface area (Å²) in [5.74, 6) is -0.252. The van der Waals surface area contributed by atoms with Crippen molar-refractivity contribution in [1.29, 1.82) is 0 Å². The standard InChI is InChI=1S/C20H24BrNO4/c1-12(2)19(23)25-11-16-10-22-17(20(24)26-16)9-4-13(3)18(22)14-5-7-15(21)8-6-14/h5-8,13,16-18H,1,4,9-11H2,2-3H3/t13-,16-,17+,18+/m1/s1. The smallest absolute Gasteiger partial charge is 0.333 e. The molecule has 0 amide bonds. The fourth-order valence-corrected chi connectivity index (χ4v) is 4.10. The van der Waals surface area contributed by atoms with E-state index in [1.807, 2.05) is 12.1 Å². The van der Waals surface area contributed by atoms with E-state index in [2.05, 4.69) is 46.5 Å². The Labute approximate surface area is 162 Å². The van der Waals surface area contributed by atoms with Crippen LogP contribution in [0.15, 0.2) is 40.9 Å². The molecule has 6 heteroatoms. The van der Waals surface area contributed by atoms with Crippen LogP contribution in [-0.4, -0.2) is 42.1 Å². The molecular formula is C20H24BrNO4. The summed E-state index contributed by atoms with van der Waals surface area (Å²) in [6.45, 7) is 8.01. The summed E-state index contributed by atoms with van der Waals surface area (Å²) in [5.41, 5.74) is 1.53. The number of piperidine rings is 1. The van der Waals surface area contributed by atoms with E-state index in [4.69, 9.17) is 9.47 Å². The lowest BCUT2D eigenvalue weighted by molar-refractivity contribution is -0.180. The van der Waals surface area contributed by atoms with E-state index in [9.17, 15) is 9.59 Å². The molecule has 0 radical (unpaired) electrons. The molecule has 1 aromatic rings. The van der Waals surface area contributed by atoms with Gasteiger partial charge in [0.25, 0.3) is 0 Å². The molecule has 2 saturated heterocycles. The van der Waals surface area contributed by atoms with Crippen LogP contribution in [0.2, 0.25) is 0 Å². The fraction of sp³-hybridized carbons (Fsp3) is 0.500. The van der Waals surface area contributed by atoms with Gasteiger partial charge in [0.1, 0.15) is 18.8 Å².